The van der Waals surface area contributed by atoms with Gasteiger partial charge >= 0.3 is 0 Å². The summed E-state index contributed by atoms with van der Waals surface area (Å²) in [4.78, 5) is 42.5. The van der Waals surface area contributed by atoms with E-state index in [9.17, 15) is 24.8 Å². The fourth-order valence-electron chi connectivity index (χ4n) is 4.55. The van der Waals surface area contributed by atoms with Crippen LogP contribution in [0.15, 0.2) is 71.7 Å². The molecule has 1 atom stereocenters. The minimum Gasteiger partial charge on any atom is -0.507 e. The van der Waals surface area contributed by atoms with Crippen molar-refractivity contribution in [3.8, 4) is 0 Å². The molecule has 8 nitrogen and oxygen atoms in total. The van der Waals surface area contributed by atoms with Gasteiger partial charge in [0.25, 0.3) is 17.4 Å². The number of benzene rings is 2. The van der Waals surface area contributed by atoms with Crippen molar-refractivity contribution >= 4 is 45.4 Å². The van der Waals surface area contributed by atoms with Crippen LogP contribution < -0.4 is 0 Å². The Bertz CT molecular complexity index is 1520. The van der Waals surface area contributed by atoms with Gasteiger partial charge in [-0.05, 0) is 42.0 Å². The molecule has 0 bridgehead atoms. The zero-order chi connectivity index (χ0) is 24.7. The molecule has 176 valence electrons. The lowest BCUT2D eigenvalue weighted by atomic mass is 9.98. The maximum Gasteiger partial charge on any atom is 0.295 e. The quantitative estimate of drug-likeness (QED) is 0.129. The number of aliphatic hydroxyl groups excluding tert-OH is 1. The monoisotopic (exact) mass is 487 g/mol. The first-order valence-electron chi connectivity index (χ1n) is 11.0. The predicted octanol–water partition coefficient (Wildman–Crippen LogP) is 5.11. The minimum atomic E-state index is -0.800. The van der Waals surface area contributed by atoms with Crippen LogP contribution >= 0.6 is 11.3 Å². The first kappa shape index (κ1) is 22.5. The first-order chi connectivity index (χ1) is 16.9. The Kier molecular flexibility index (Phi) is 5.70. The van der Waals surface area contributed by atoms with Crippen molar-refractivity contribution < 1.29 is 19.6 Å². The van der Waals surface area contributed by atoms with Crippen LogP contribution in [-0.2, 0) is 16.0 Å². The van der Waals surface area contributed by atoms with Gasteiger partial charge in [0.05, 0.1) is 16.5 Å². The van der Waals surface area contributed by atoms with Gasteiger partial charge in [0.2, 0.25) is 0 Å². The number of nitrogens with zero attached hydrogens (tertiary/aromatic N) is 2. The van der Waals surface area contributed by atoms with Crippen LogP contribution in [-0.4, -0.2) is 38.1 Å². The Labute approximate surface area is 204 Å². The molecule has 4 aromatic rings. The number of hydrogen-bond acceptors (Lipinski definition) is 6. The van der Waals surface area contributed by atoms with Gasteiger partial charge < -0.3 is 15.0 Å². The van der Waals surface area contributed by atoms with E-state index in [4.69, 9.17) is 0 Å². The number of hydrogen-bond donors (Lipinski definition) is 2. The van der Waals surface area contributed by atoms with Gasteiger partial charge in [-0.1, -0.05) is 30.3 Å². The number of para-hydroxylation sites is 1. The zero-order valence-corrected chi connectivity index (χ0v) is 19.5. The molecular formula is C26H21N3O5S. The SMILES string of the molecule is Cc1ccsc1C1/C(=C(/O)c2cccc([N+](=O)[O-])c2)C(=O)C(=O)N1CCc1c[nH]c2ccccc12. The number of H-pyrrole nitrogens is 1. The van der Waals surface area contributed by atoms with E-state index < -0.39 is 28.4 Å². The summed E-state index contributed by atoms with van der Waals surface area (Å²) in [7, 11) is 0. The van der Waals surface area contributed by atoms with E-state index in [2.05, 4.69) is 4.98 Å². The molecule has 2 N–H and O–H groups in total. The second-order valence-electron chi connectivity index (χ2n) is 8.38. The molecule has 0 aliphatic carbocycles. The summed E-state index contributed by atoms with van der Waals surface area (Å²) in [5, 5.41) is 25.3. The van der Waals surface area contributed by atoms with Crippen molar-refractivity contribution in [3.63, 3.8) is 0 Å². The molecule has 2 aromatic carbocycles. The molecule has 0 saturated carbocycles. The second-order valence-corrected chi connectivity index (χ2v) is 9.32. The van der Waals surface area contributed by atoms with Crippen LogP contribution in [0.3, 0.4) is 0 Å². The lowest BCUT2D eigenvalue weighted by Crippen LogP contribution is -2.31. The number of rotatable bonds is 6. The van der Waals surface area contributed by atoms with Gasteiger partial charge in [-0.15, -0.1) is 11.3 Å². The highest BCUT2D eigenvalue weighted by molar-refractivity contribution is 7.10. The summed E-state index contributed by atoms with van der Waals surface area (Å²) in [6, 6.07) is 14.4. The number of fused-ring (bicyclic) bond motifs is 1. The molecule has 35 heavy (non-hydrogen) atoms. The molecule has 5 rings (SSSR count). The van der Waals surface area contributed by atoms with Gasteiger partial charge in [0.1, 0.15) is 5.76 Å². The number of ketones is 1. The summed E-state index contributed by atoms with van der Waals surface area (Å²) in [5.74, 6) is -1.92. The first-order valence-corrected chi connectivity index (χ1v) is 11.9. The highest BCUT2D eigenvalue weighted by Crippen LogP contribution is 2.43. The third-order valence-corrected chi connectivity index (χ3v) is 7.39. The number of thiophene rings is 1. The summed E-state index contributed by atoms with van der Waals surface area (Å²) in [6.45, 7) is 2.15. The van der Waals surface area contributed by atoms with E-state index >= 15 is 0 Å². The molecular weight excluding hydrogens is 466 g/mol. The Hall–Kier alpha value is -4.24. The van der Waals surface area contributed by atoms with Crippen LogP contribution in [0.5, 0.6) is 0 Å². The number of Topliss-reactive ketones (excluding diaryl/α,β-unsaturated/α-hetero) is 1. The van der Waals surface area contributed by atoms with Crippen LogP contribution in [0.4, 0.5) is 5.69 Å². The van der Waals surface area contributed by atoms with Gasteiger partial charge in [0, 0.05) is 46.2 Å². The topological polar surface area (TPSA) is 117 Å². The van der Waals surface area contributed by atoms with Crippen LogP contribution in [0.2, 0.25) is 0 Å². The number of aryl methyl sites for hydroxylation is 1. The van der Waals surface area contributed by atoms with Gasteiger partial charge in [-0.25, -0.2) is 0 Å². The highest BCUT2D eigenvalue weighted by Gasteiger charge is 2.47. The summed E-state index contributed by atoms with van der Waals surface area (Å²) < 4.78 is 0. The summed E-state index contributed by atoms with van der Waals surface area (Å²) in [5.41, 5.74) is 2.74. The number of aromatic nitrogens is 1. The van der Waals surface area contributed by atoms with Gasteiger partial charge in [0.15, 0.2) is 0 Å². The lowest BCUT2D eigenvalue weighted by Gasteiger charge is -2.25. The Balaban J connectivity index is 1.57. The number of carbonyl (C=O) groups excluding carboxylic acids is 2. The van der Waals surface area contributed by atoms with Crippen molar-refractivity contribution in [1.29, 1.82) is 0 Å². The van der Waals surface area contributed by atoms with Crippen molar-refractivity contribution in [1.82, 2.24) is 9.88 Å². The Morgan fingerprint density at radius 3 is 2.71 bits per heavy atom. The number of amides is 1. The van der Waals surface area contributed by atoms with Crippen molar-refractivity contribution in [2.75, 3.05) is 6.54 Å². The molecule has 0 spiro atoms. The van der Waals surface area contributed by atoms with Gasteiger partial charge in [-0.2, -0.15) is 0 Å². The summed E-state index contributed by atoms with van der Waals surface area (Å²) >= 11 is 1.40. The van der Waals surface area contributed by atoms with E-state index in [1.165, 1.54) is 40.5 Å². The fourth-order valence-corrected chi connectivity index (χ4v) is 5.60. The molecule has 1 saturated heterocycles. The maximum atomic E-state index is 13.2. The Morgan fingerprint density at radius 1 is 1.17 bits per heavy atom. The number of likely N-dealkylation sites (tertiary alicyclic amines) is 1. The number of aromatic amines is 1. The maximum absolute atomic E-state index is 13.2. The van der Waals surface area contributed by atoms with E-state index in [0.29, 0.717) is 6.42 Å². The standard InChI is InChI=1S/C26H21N3O5S/c1-15-10-12-35-25(15)22-21(23(30)16-5-4-6-18(13-16)29(33)34)24(31)26(32)28(22)11-9-17-14-27-20-8-3-2-7-19(17)20/h2-8,10,12-14,22,27,30H,9,11H2,1H3/b23-21-. The third kappa shape index (κ3) is 3.89. The van der Waals surface area contributed by atoms with Crippen molar-refractivity contribution in [2.45, 2.75) is 19.4 Å². The van der Waals surface area contributed by atoms with Crippen molar-refractivity contribution in [3.05, 3.63) is 103 Å². The van der Waals surface area contributed by atoms with Crippen LogP contribution in [0, 0.1) is 17.0 Å². The largest absolute Gasteiger partial charge is 0.507 e. The zero-order valence-electron chi connectivity index (χ0n) is 18.7. The second kappa shape index (κ2) is 8.84. The molecule has 1 fully saturated rings. The van der Waals surface area contributed by atoms with E-state index in [1.807, 2.05) is 48.8 Å². The van der Waals surface area contributed by atoms with Crippen LogP contribution in [0.25, 0.3) is 16.7 Å². The average molecular weight is 488 g/mol. The number of carbonyl (C=O) groups is 2. The number of nitro benzene ring substituents is 1. The minimum absolute atomic E-state index is 0.0556. The molecule has 1 aliphatic heterocycles. The third-order valence-electron chi connectivity index (χ3n) is 6.32. The molecule has 1 aliphatic rings. The normalized spacial score (nSPS) is 17.4. The molecule has 9 heteroatoms. The number of non-ortho nitro benzene ring substituents is 1. The van der Waals surface area contributed by atoms with E-state index in [-0.39, 0.29) is 23.4 Å². The molecule has 3 heterocycles. The highest BCUT2D eigenvalue weighted by atomic mass is 32.1. The molecule has 1 amide bonds. The van der Waals surface area contributed by atoms with E-state index in [1.54, 1.807) is 0 Å². The number of nitrogens with one attached hydrogen (secondary N) is 1. The van der Waals surface area contributed by atoms with Crippen LogP contribution in [0.1, 0.15) is 27.6 Å². The summed E-state index contributed by atoms with van der Waals surface area (Å²) in [6.07, 6.45) is 2.41. The smallest absolute Gasteiger partial charge is 0.295 e. The molecule has 0 radical (unpaired) electrons. The lowest BCUT2D eigenvalue weighted by molar-refractivity contribution is -0.384. The van der Waals surface area contributed by atoms with Crippen molar-refractivity contribution in [2.24, 2.45) is 0 Å². The van der Waals surface area contributed by atoms with Gasteiger partial charge in [-0.3, -0.25) is 19.7 Å². The predicted molar refractivity (Wildman–Crippen MR) is 133 cm³/mol. The average Bonchev–Trinajstić information content (AvgIpc) is 3.54. The number of aliphatic hydroxyl groups is 1. The molecule has 1 unspecified atom stereocenters. The fraction of sp³-hybridized carbons (Fsp3) is 0.154. The van der Waals surface area contributed by atoms with E-state index in [0.717, 1.165) is 26.9 Å². The number of nitro groups is 1. The Morgan fingerprint density at radius 2 is 1.97 bits per heavy atom. The molecule has 2 aromatic heterocycles.